The van der Waals surface area contributed by atoms with Gasteiger partial charge in [-0.05, 0) is 56.2 Å². The molecule has 2 aromatic carbocycles. The fourth-order valence-corrected chi connectivity index (χ4v) is 3.16. The third-order valence-electron chi connectivity index (χ3n) is 4.78. The van der Waals surface area contributed by atoms with E-state index in [9.17, 15) is 14.4 Å². The number of benzene rings is 2. The maximum Gasteiger partial charge on any atom is 0.291 e. The molecular formula is C23H23ClN4O3. The summed E-state index contributed by atoms with van der Waals surface area (Å²) in [4.78, 5) is 37.5. The molecule has 0 aliphatic rings. The average molecular weight is 439 g/mol. The van der Waals surface area contributed by atoms with Crippen molar-refractivity contribution in [1.29, 1.82) is 0 Å². The molecule has 0 radical (unpaired) electrons. The van der Waals surface area contributed by atoms with E-state index in [1.54, 1.807) is 31.2 Å². The summed E-state index contributed by atoms with van der Waals surface area (Å²) >= 11 is 5.96. The van der Waals surface area contributed by atoms with Gasteiger partial charge >= 0.3 is 0 Å². The van der Waals surface area contributed by atoms with Gasteiger partial charge in [-0.1, -0.05) is 35.9 Å². The molecule has 1 atom stereocenters. The Labute approximate surface area is 185 Å². The van der Waals surface area contributed by atoms with Gasteiger partial charge in [0.15, 0.2) is 0 Å². The SMILES string of the molecule is CC(=O)Nc1cc(-c2ccc(Cl)cc2)nn([C@H](C)C(=O)Nc2cc(C)ccc2C)c1=O. The number of nitrogens with zero attached hydrogens (tertiary/aromatic N) is 2. The van der Waals surface area contributed by atoms with Crippen LogP contribution in [0.3, 0.4) is 0 Å². The molecule has 3 rings (SSSR count). The predicted octanol–water partition coefficient (Wildman–Crippen LogP) is 4.34. The summed E-state index contributed by atoms with van der Waals surface area (Å²) in [6.45, 7) is 6.71. The zero-order valence-corrected chi connectivity index (χ0v) is 18.4. The molecule has 0 unspecified atom stereocenters. The van der Waals surface area contributed by atoms with Crippen molar-refractivity contribution in [3.8, 4) is 11.3 Å². The highest BCUT2D eigenvalue weighted by atomic mass is 35.5. The molecule has 0 fully saturated rings. The van der Waals surface area contributed by atoms with Crippen LogP contribution in [-0.2, 0) is 9.59 Å². The summed E-state index contributed by atoms with van der Waals surface area (Å²) in [5.74, 6) is -0.797. The van der Waals surface area contributed by atoms with Crippen LogP contribution in [0, 0.1) is 13.8 Å². The molecule has 3 aromatic rings. The van der Waals surface area contributed by atoms with E-state index < -0.39 is 23.4 Å². The second-order valence-corrected chi connectivity index (χ2v) is 7.80. The number of nitrogens with one attached hydrogen (secondary N) is 2. The lowest BCUT2D eigenvalue weighted by molar-refractivity contribution is -0.119. The molecule has 160 valence electrons. The molecule has 0 saturated heterocycles. The zero-order chi connectivity index (χ0) is 22.7. The van der Waals surface area contributed by atoms with Gasteiger partial charge < -0.3 is 10.6 Å². The Hall–Kier alpha value is -3.45. The van der Waals surface area contributed by atoms with Crippen molar-refractivity contribution < 1.29 is 9.59 Å². The van der Waals surface area contributed by atoms with Crippen molar-refractivity contribution >= 4 is 34.8 Å². The first kappa shape index (κ1) is 22.2. The van der Waals surface area contributed by atoms with Crippen molar-refractivity contribution in [2.45, 2.75) is 33.7 Å². The number of aromatic nitrogens is 2. The van der Waals surface area contributed by atoms with E-state index >= 15 is 0 Å². The van der Waals surface area contributed by atoms with E-state index in [0.29, 0.717) is 22.0 Å². The normalized spacial score (nSPS) is 11.6. The summed E-state index contributed by atoms with van der Waals surface area (Å²) in [7, 11) is 0. The first-order valence-corrected chi connectivity index (χ1v) is 10.1. The highest BCUT2D eigenvalue weighted by Crippen LogP contribution is 2.22. The lowest BCUT2D eigenvalue weighted by atomic mass is 10.1. The molecule has 8 heteroatoms. The molecule has 0 saturated carbocycles. The molecular weight excluding hydrogens is 416 g/mol. The number of carbonyl (C=O) groups is 2. The maximum absolute atomic E-state index is 12.9. The summed E-state index contributed by atoms with van der Waals surface area (Å²) in [5, 5.41) is 10.3. The van der Waals surface area contributed by atoms with Gasteiger partial charge in [-0.15, -0.1) is 0 Å². The number of rotatable bonds is 5. The van der Waals surface area contributed by atoms with Crippen LogP contribution >= 0.6 is 11.6 Å². The van der Waals surface area contributed by atoms with Crippen LogP contribution in [0.5, 0.6) is 0 Å². The van der Waals surface area contributed by atoms with Crippen LogP contribution in [0.2, 0.25) is 5.02 Å². The Morgan fingerprint density at radius 1 is 1.00 bits per heavy atom. The van der Waals surface area contributed by atoms with Gasteiger partial charge in [-0.2, -0.15) is 5.10 Å². The molecule has 1 heterocycles. The molecule has 2 amide bonds. The van der Waals surface area contributed by atoms with Crippen molar-refractivity contribution in [3.05, 3.63) is 75.0 Å². The third-order valence-corrected chi connectivity index (χ3v) is 5.03. The molecule has 7 nitrogen and oxygen atoms in total. The fraction of sp³-hybridized carbons (Fsp3) is 0.217. The van der Waals surface area contributed by atoms with Crippen molar-refractivity contribution in [1.82, 2.24) is 9.78 Å². The third kappa shape index (κ3) is 5.19. The fourth-order valence-electron chi connectivity index (χ4n) is 3.03. The van der Waals surface area contributed by atoms with E-state index in [2.05, 4.69) is 15.7 Å². The lowest BCUT2D eigenvalue weighted by Gasteiger charge is -2.18. The Balaban J connectivity index is 2.03. The molecule has 0 spiro atoms. The quantitative estimate of drug-likeness (QED) is 0.619. The predicted molar refractivity (Wildman–Crippen MR) is 123 cm³/mol. The van der Waals surface area contributed by atoms with Crippen LogP contribution < -0.4 is 16.2 Å². The number of aryl methyl sites for hydroxylation is 2. The summed E-state index contributed by atoms with van der Waals surface area (Å²) in [6, 6.07) is 13.2. The number of carbonyl (C=O) groups excluding carboxylic acids is 2. The van der Waals surface area contributed by atoms with Gasteiger partial charge in [0.2, 0.25) is 11.8 Å². The largest absolute Gasteiger partial charge is 0.324 e. The van der Waals surface area contributed by atoms with E-state index in [-0.39, 0.29) is 5.69 Å². The Bertz CT molecular complexity index is 1200. The Kier molecular flexibility index (Phi) is 6.56. The molecule has 31 heavy (non-hydrogen) atoms. The first-order valence-electron chi connectivity index (χ1n) is 9.71. The van der Waals surface area contributed by atoms with Crippen LogP contribution in [0.15, 0.2) is 53.3 Å². The number of anilines is 2. The zero-order valence-electron chi connectivity index (χ0n) is 17.7. The van der Waals surface area contributed by atoms with Gasteiger partial charge in [0, 0.05) is 23.2 Å². The highest BCUT2D eigenvalue weighted by molar-refractivity contribution is 6.30. The number of amides is 2. The minimum absolute atomic E-state index is 0.0406. The number of halogens is 1. The standard InChI is InChI=1S/C23H23ClN4O3/c1-13-5-6-14(2)19(11-13)26-22(30)15(3)28-23(31)21(25-16(4)29)12-20(27-28)17-7-9-18(24)10-8-17/h5-12,15H,1-4H3,(H,25,29)(H,26,30)/t15-/m1/s1. The average Bonchev–Trinajstić information content (AvgIpc) is 2.72. The maximum atomic E-state index is 12.9. The smallest absolute Gasteiger partial charge is 0.291 e. The highest BCUT2D eigenvalue weighted by Gasteiger charge is 2.21. The second kappa shape index (κ2) is 9.14. The molecule has 2 N–H and O–H groups in total. The van der Waals surface area contributed by atoms with Crippen molar-refractivity contribution in [2.24, 2.45) is 0 Å². The molecule has 0 aliphatic heterocycles. The van der Waals surface area contributed by atoms with Crippen molar-refractivity contribution in [2.75, 3.05) is 10.6 Å². The monoisotopic (exact) mass is 438 g/mol. The van der Waals surface area contributed by atoms with E-state index in [0.717, 1.165) is 15.8 Å². The minimum atomic E-state index is -0.924. The Morgan fingerprint density at radius 3 is 2.32 bits per heavy atom. The van der Waals surface area contributed by atoms with Gasteiger partial charge in [0.1, 0.15) is 11.7 Å². The van der Waals surface area contributed by atoms with Gasteiger partial charge in [-0.25, -0.2) is 4.68 Å². The summed E-state index contributed by atoms with van der Waals surface area (Å²) in [5.41, 5.74) is 3.15. The molecule has 0 aliphatic carbocycles. The van der Waals surface area contributed by atoms with E-state index in [1.807, 2.05) is 32.0 Å². The number of hydrogen-bond acceptors (Lipinski definition) is 4. The first-order chi connectivity index (χ1) is 14.7. The van der Waals surface area contributed by atoms with E-state index in [1.165, 1.54) is 13.0 Å². The second-order valence-electron chi connectivity index (χ2n) is 7.36. The van der Waals surface area contributed by atoms with Gasteiger partial charge in [0.25, 0.3) is 5.56 Å². The summed E-state index contributed by atoms with van der Waals surface area (Å²) in [6.07, 6.45) is 0. The van der Waals surface area contributed by atoms with Gasteiger partial charge in [-0.3, -0.25) is 14.4 Å². The van der Waals surface area contributed by atoms with E-state index in [4.69, 9.17) is 11.6 Å². The summed E-state index contributed by atoms with van der Waals surface area (Å²) < 4.78 is 1.08. The van der Waals surface area contributed by atoms with Crippen LogP contribution in [0.4, 0.5) is 11.4 Å². The van der Waals surface area contributed by atoms with Crippen LogP contribution in [0.1, 0.15) is 31.0 Å². The lowest BCUT2D eigenvalue weighted by Crippen LogP contribution is -2.35. The van der Waals surface area contributed by atoms with Crippen LogP contribution in [0.25, 0.3) is 11.3 Å². The topological polar surface area (TPSA) is 93.1 Å². The van der Waals surface area contributed by atoms with Crippen LogP contribution in [-0.4, -0.2) is 21.6 Å². The molecule has 1 aromatic heterocycles. The van der Waals surface area contributed by atoms with Gasteiger partial charge in [0.05, 0.1) is 5.69 Å². The van der Waals surface area contributed by atoms with Crippen molar-refractivity contribution in [3.63, 3.8) is 0 Å². The Morgan fingerprint density at radius 2 is 1.68 bits per heavy atom. The number of hydrogen-bond donors (Lipinski definition) is 2. The minimum Gasteiger partial charge on any atom is -0.324 e. The molecule has 0 bridgehead atoms.